The lowest BCUT2D eigenvalue weighted by atomic mass is 10.1. The highest BCUT2D eigenvalue weighted by molar-refractivity contribution is 5.35. The Morgan fingerprint density at radius 2 is 1.93 bits per heavy atom. The highest BCUT2D eigenvalue weighted by atomic mass is 15.3. The topological polar surface area (TPSA) is 43.8 Å². The Balaban J connectivity index is 2.47. The minimum absolute atomic E-state index is 0.0301. The van der Waals surface area contributed by atoms with E-state index in [-0.39, 0.29) is 6.04 Å². The van der Waals surface area contributed by atoms with E-state index in [2.05, 4.69) is 5.10 Å². The maximum Gasteiger partial charge on any atom is 0.0648 e. The highest BCUT2D eigenvalue weighted by Gasteiger charge is 2.10. The maximum atomic E-state index is 5.85. The monoisotopic (exact) mass is 201 g/mol. The summed E-state index contributed by atoms with van der Waals surface area (Å²) in [4.78, 5) is 0. The van der Waals surface area contributed by atoms with Crippen molar-refractivity contribution in [2.75, 3.05) is 0 Å². The SMILES string of the molecule is Cc1c([C@H](C)N)cnn1-c1ccccc1. The standard InChI is InChI=1S/C12H15N3/c1-9(13)12-8-14-15(10(12)2)11-6-4-3-5-7-11/h3-9H,13H2,1-2H3/t9-/m0/s1. The second-order valence-corrected chi connectivity index (χ2v) is 3.72. The molecule has 1 heterocycles. The average molecular weight is 201 g/mol. The van der Waals surface area contributed by atoms with Gasteiger partial charge in [0.2, 0.25) is 0 Å². The number of rotatable bonds is 2. The molecule has 0 saturated heterocycles. The molecule has 2 aromatic rings. The van der Waals surface area contributed by atoms with Crippen LogP contribution in [0, 0.1) is 6.92 Å². The van der Waals surface area contributed by atoms with Crippen molar-refractivity contribution >= 4 is 0 Å². The van der Waals surface area contributed by atoms with Gasteiger partial charge in [-0.25, -0.2) is 4.68 Å². The molecule has 0 radical (unpaired) electrons. The van der Waals surface area contributed by atoms with Gasteiger partial charge < -0.3 is 5.73 Å². The van der Waals surface area contributed by atoms with E-state index in [1.807, 2.05) is 55.1 Å². The van der Waals surface area contributed by atoms with Crippen LogP contribution in [0.5, 0.6) is 0 Å². The fraction of sp³-hybridized carbons (Fsp3) is 0.250. The summed E-state index contributed by atoms with van der Waals surface area (Å²) in [5.41, 5.74) is 9.13. The quantitative estimate of drug-likeness (QED) is 0.809. The van der Waals surface area contributed by atoms with Gasteiger partial charge in [-0.1, -0.05) is 18.2 Å². The molecule has 2 rings (SSSR count). The Morgan fingerprint density at radius 1 is 1.27 bits per heavy atom. The Labute approximate surface area is 89.5 Å². The summed E-state index contributed by atoms with van der Waals surface area (Å²) in [5, 5.41) is 4.34. The molecule has 0 spiro atoms. The average Bonchev–Trinajstić information content (AvgIpc) is 2.61. The third-order valence-electron chi connectivity index (χ3n) is 2.54. The predicted octanol–water partition coefficient (Wildman–Crippen LogP) is 2.20. The van der Waals surface area contributed by atoms with Crippen LogP contribution < -0.4 is 5.73 Å². The molecule has 0 saturated carbocycles. The van der Waals surface area contributed by atoms with Crippen molar-refractivity contribution in [3.63, 3.8) is 0 Å². The molecule has 0 aliphatic carbocycles. The molecule has 1 atom stereocenters. The van der Waals surface area contributed by atoms with E-state index in [1.54, 1.807) is 0 Å². The molecular formula is C12H15N3. The van der Waals surface area contributed by atoms with Gasteiger partial charge in [0.05, 0.1) is 11.9 Å². The van der Waals surface area contributed by atoms with Crippen LogP contribution in [0.3, 0.4) is 0 Å². The van der Waals surface area contributed by atoms with Crippen molar-refractivity contribution in [2.45, 2.75) is 19.9 Å². The van der Waals surface area contributed by atoms with Gasteiger partial charge in [-0.15, -0.1) is 0 Å². The summed E-state index contributed by atoms with van der Waals surface area (Å²) in [6, 6.07) is 10.1. The molecule has 0 amide bonds. The first-order valence-corrected chi connectivity index (χ1v) is 5.05. The molecule has 3 nitrogen and oxygen atoms in total. The number of hydrogen-bond donors (Lipinski definition) is 1. The molecule has 3 heteroatoms. The zero-order valence-corrected chi connectivity index (χ0v) is 9.01. The van der Waals surface area contributed by atoms with Gasteiger partial charge in [0.1, 0.15) is 0 Å². The number of hydrogen-bond acceptors (Lipinski definition) is 2. The van der Waals surface area contributed by atoms with Crippen molar-refractivity contribution in [1.29, 1.82) is 0 Å². The van der Waals surface area contributed by atoms with Crippen molar-refractivity contribution in [3.8, 4) is 5.69 Å². The van der Waals surface area contributed by atoms with Crippen LogP contribution in [0.2, 0.25) is 0 Å². The maximum absolute atomic E-state index is 5.85. The largest absolute Gasteiger partial charge is 0.324 e. The van der Waals surface area contributed by atoms with E-state index in [0.717, 1.165) is 16.9 Å². The summed E-state index contributed by atoms with van der Waals surface area (Å²) in [5.74, 6) is 0. The van der Waals surface area contributed by atoms with Crippen LogP contribution in [-0.2, 0) is 0 Å². The van der Waals surface area contributed by atoms with Crippen LogP contribution in [0.1, 0.15) is 24.2 Å². The molecule has 0 aliphatic rings. The van der Waals surface area contributed by atoms with Crippen molar-refractivity contribution < 1.29 is 0 Å². The molecule has 0 unspecified atom stereocenters. The van der Waals surface area contributed by atoms with E-state index >= 15 is 0 Å². The zero-order valence-electron chi connectivity index (χ0n) is 9.01. The minimum atomic E-state index is 0.0301. The minimum Gasteiger partial charge on any atom is -0.324 e. The predicted molar refractivity (Wildman–Crippen MR) is 60.9 cm³/mol. The van der Waals surface area contributed by atoms with Gasteiger partial charge in [0, 0.05) is 17.3 Å². The number of para-hydroxylation sites is 1. The van der Waals surface area contributed by atoms with Crippen molar-refractivity contribution in [3.05, 3.63) is 47.8 Å². The number of aromatic nitrogens is 2. The Bertz CT molecular complexity index is 443. The Hall–Kier alpha value is -1.61. The van der Waals surface area contributed by atoms with Gasteiger partial charge in [0.15, 0.2) is 0 Å². The van der Waals surface area contributed by atoms with Gasteiger partial charge in [-0.3, -0.25) is 0 Å². The lowest BCUT2D eigenvalue weighted by Gasteiger charge is -2.06. The lowest BCUT2D eigenvalue weighted by Crippen LogP contribution is -2.06. The van der Waals surface area contributed by atoms with Crippen LogP contribution in [-0.4, -0.2) is 9.78 Å². The third kappa shape index (κ3) is 1.78. The van der Waals surface area contributed by atoms with E-state index < -0.39 is 0 Å². The normalized spacial score (nSPS) is 12.7. The lowest BCUT2D eigenvalue weighted by molar-refractivity contribution is 0.797. The second-order valence-electron chi connectivity index (χ2n) is 3.72. The molecule has 0 fully saturated rings. The molecule has 2 N–H and O–H groups in total. The molecule has 78 valence electrons. The van der Waals surface area contributed by atoms with Crippen molar-refractivity contribution in [1.82, 2.24) is 9.78 Å². The summed E-state index contributed by atoms with van der Waals surface area (Å²) >= 11 is 0. The first-order chi connectivity index (χ1) is 7.20. The molecule has 15 heavy (non-hydrogen) atoms. The Kier molecular flexibility index (Phi) is 2.56. The van der Waals surface area contributed by atoms with Crippen LogP contribution in [0.25, 0.3) is 5.69 Å². The molecule has 0 bridgehead atoms. The summed E-state index contributed by atoms with van der Waals surface area (Å²) in [7, 11) is 0. The Morgan fingerprint density at radius 3 is 2.47 bits per heavy atom. The van der Waals surface area contributed by atoms with E-state index in [1.165, 1.54) is 0 Å². The first kappa shape index (κ1) is 9.93. The van der Waals surface area contributed by atoms with Gasteiger partial charge >= 0.3 is 0 Å². The van der Waals surface area contributed by atoms with E-state index in [4.69, 9.17) is 5.73 Å². The summed E-state index contributed by atoms with van der Waals surface area (Å²) in [6.07, 6.45) is 1.84. The third-order valence-corrected chi connectivity index (χ3v) is 2.54. The first-order valence-electron chi connectivity index (χ1n) is 5.05. The molecule has 1 aromatic carbocycles. The van der Waals surface area contributed by atoms with Gasteiger partial charge in [0.25, 0.3) is 0 Å². The number of benzene rings is 1. The highest BCUT2D eigenvalue weighted by Crippen LogP contribution is 2.17. The molecule has 0 aliphatic heterocycles. The summed E-state index contributed by atoms with van der Waals surface area (Å²) in [6.45, 7) is 4.01. The second kappa shape index (κ2) is 3.87. The number of nitrogens with zero attached hydrogens (tertiary/aromatic N) is 2. The van der Waals surface area contributed by atoms with Gasteiger partial charge in [-0.05, 0) is 26.0 Å². The fourth-order valence-corrected chi connectivity index (χ4v) is 1.70. The zero-order chi connectivity index (χ0) is 10.8. The van der Waals surface area contributed by atoms with Crippen LogP contribution in [0.4, 0.5) is 0 Å². The summed E-state index contributed by atoms with van der Waals surface area (Å²) < 4.78 is 1.92. The molecule has 1 aromatic heterocycles. The van der Waals surface area contributed by atoms with E-state index in [9.17, 15) is 0 Å². The molecular weight excluding hydrogens is 186 g/mol. The smallest absolute Gasteiger partial charge is 0.0648 e. The van der Waals surface area contributed by atoms with E-state index in [0.29, 0.717) is 0 Å². The van der Waals surface area contributed by atoms with Crippen LogP contribution in [0.15, 0.2) is 36.5 Å². The fourth-order valence-electron chi connectivity index (χ4n) is 1.70. The van der Waals surface area contributed by atoms with Gasteiger partial charge in [-0.2, -0.15) is 5.10 Å². The van der Waals surface area contributed by atoms with Crippen molar-refractivity contribution in [2.24, 2.45) is 5.73 Å². The van der Waals surface area contributed by atoms with Crippen LogP contribution >= 0.6 is 0 Å². The number of nitrogens with two attached hydrogens (primary N) is 1.